The summed E-state index contributed by atoms with van der Waals surface area (Å²) in [6, 6.07) is 13.8. The van der Waals surface area contributed by atoms with Gasteiger partial charge in [-0.1, -0.05) is 18.2 Å². The van der Waals surface area contributed by atoms with Crippen molar-refractivity contribution in [1.82, 2.24) is 4.31 Å². The lowest BCUT2D eigenvalue weighted by Crippen LogP contribution is -2.40. The molecule has 9 heteroatoms. The molecule has 30 heavy (non-hydrogen) atoms. The molecular formula is C21H24N2O6S. The molecule has 8 nitrogen and oxygen atoms in total. The largest absolute Gasteiger partial charge is 0.495 e. The third-order valence-corrected chi connectivity index (χ3v) is 6.30. The van der Waals surface area contributed by atoms with E-state index in [0.29, 0.717) is 24.7 Å². The average molecular weight is 432 g/mol. The molecule has 1 saturated heterocycles. The molecule has 1 fully saturated rings. The molecule has 1 N–H and O–H groups in total. The number of anilines is 1. The molecule has 0 atom stereocenters. The van der Waals surface area contributed by atoms with Crippen LogP contribution in [-0.2, 0) is 19.6 Å². The Morgan fingerprint density at radius 3 is 2.60 bits per heavy atom. The van der Waals surface area contributed by atoms with Crippen molar-refractivity contribution in [1.29, 1.82) is 0 Å². The van der Waals surface area contributed by atoms with Crippen molar-refractivity contribution in [2.24, 2.45) is 0 Å². The minimum absolute atomic E-state index is 0.00101. The standard InChI is InChI=1S/C21H24N2O6S/c1-27-19-10-9-17(16-20(19)30(25,26)23-11-14-28-15-12-23)22-21(24)8-5-13-29-18-6-3-2-4-7-18/h2-10,16H,11-15H2,1H3,(H,22,24). The molecule has 2 aromatic rings. The molecule has 0 bridgehead atoms. The Balaban J connectivity index is 1.66. The molecular weight excluding hydrogens is 408 g/mol. The zero-order valence-electron chi connectivity index (χ0n) is 16.6. The van der Waals surface area contributed by atoms with E-state index in [4.69, 9.17) is 14.2 Å². The van der Waals surface area contributed by atoms with Gasteiger partial charge in [-0.05, 0) is 36.4 Å². The van der Waals surface area contributed by atoms with E-state index in [0.717, 1.165) is 0 Å². The van der Waals surface area contributed by atoms with Crippen LogP contribution < -0.4 is 14.8 Å². The molecule has 0 aliphatic carbocycles. The minimum Gasteiger partial charge on any atom is -0.495 e. The Hall–Kier alpha value is -2.88. The summed E-state index contributed by atoms with van der Waals surface area (Å²) in [7, 11) is -2.37. The van der Waals surface area contributed by atoms with Gasteiger partial charge in [-0.15, -0.1) is 0 Å². The van der Waals surface area contributed by atoms with Crippen LogP contribution in [0.25, 0.3) is 0 Å². The number of morpholine rings is 1. The van der Waals surface area contributed by atoms with E-state index in [2.05, 4.69) is 5.32 Å². The number of rotatable bonds is 8. The summed E-state index contributed by atoms with van der Waals surface area (Å²) in [4.78, 5) is 12.2. The highest BCUT2D eigenvalue weighted by Crippen LogP contribution is 2.30. The molecule has 0 unspecified atom stereocenters. The lowest BCUT2D eigenvalue weighted by atomic mass is 10.3. The van der Waals surface area contributed by atoms with Gasteiger partial charge in [0.2, 0.25) is 15.9 Å². The van der Waals surface area contributed by atoms with E-state index in [1.165, 1.54) is 29.6 Å². The van der Waals surface area contributed by atoms with Crippen LogP contribution in [0.4, 0.5) is 5.69 Å². The summed E-state index contributed by atoms with van der Waals surface area (Å²) in [6.07, 6.45) is 2.92. The Morgan fingerprint density at radius 2 is 1.90 bits per heavy atom. The predicted molar refractivity (Wildman–Crippen MR) is 112 cm³/mol. The van der Waals surface area contributed by atoms with E-state index in [1.54, 1.807) is 12.1 Å². The van der Waals surface area contributed by atoms with Gasteiger partial charge in [-0.3, -0.25) is 4.79 Å². The first kappa shape index (κ1) is 21.8. The van der Waals surface area contributed by atoms with Gasteiger partial charge in [0.05, 0.1) is 20.3 Å². The molecule has 0 spiro atoms. The second kappa shape index (κ2) is 10.2. The smallest absolute Gasteiger partial charge is 0.248 e. The minimum atomic E-state index is -3.78. The van der Waals surface area contributed by atoms with E-state index in [-0.39, 0.29) is 30.3 Å². The van der Waals surface area contributed by atoms with Gasteiger partial charge in [-0.2, -0.15) is 4.31 Å². The van der Waals surface area contributed by atoms with Gasteiger partial charge in [-0.25, -0.2) is 8.42 Å². The molecule has 2 aromatic carbocycles. The third kappa shape index (κ3) is 5.59. The second-order valence-corrected chi connectivity index (χ2v) is 8.30. The molecule has 0 radical (unpaired) electrons. The first-order valence-electron chi connectivity index (χ1n) is 9.42. The van der Waals surface area contributed by atoms with Crippen LogP contribution in [0.3, 0.4) is 0 Å². The number of nitrogens with zero attached hydrogens (tertiary/aromatic N) is 1. The lowest BCUT2D eigenvalue weighted by Gasteiger charge is -2.26. The summed E-state index contributed by atoms with van der Waals surface area (Å²) < 4.78 is 43.3. The molecule has 0 saturated carbocycles. The van der Waals surface area contributed by atoms with Gasteiger partial charge in [0, 0.05) is 24.9 Å². The quantitative estimate of drug-likeness (QED) is 0.644. The first-order chi connectivity index (χ1) is 14.5. The molecule has 1 amide bonds. The second-order valence-electron chi connectivity index (χ2n) is 6.40. The zero-order valence-corrected chi connectivity index (χ0v) is 17.4. The van der Waals surface area contributed by atoms with Gasteiger partial charge >= 0.3 is 0 Å². The van der Waals surface area contributed by atoms with Crippen molar-refractivity contribution in [2.75, 3.05) is 45.3 Å². The van der Waals surface area contributed by atoms with Gasteiger partial charge in [0.25, 0.3) is 0 Å². The Bertz CT molecular complexity index is 986. The van der Waals surface area contributed by atoms with Crippen LogP contribution in [0.2, 0.25) is 0 Å². The van der Waals surface area contributed by atoms with Crippen molar-refractivity contribution in [2.45, 2.75) is 4.90 Å². The summed E-state index contributed by atoms with van der Waals surface area (Å²) in [5, 5.41) is 2.66. The topological polar surface area (TPSA) is 94.2 Å². The fraction of sp³-hybridized carbons (Fsp3) is 0.286. The highest BCUT2D eigenvalue weighted by Gasteiger charge is 2.29. The zero-order chi connectivity index (χ0) is 21.4. The van der Waals surface area contributed by atoms with E-state index in [9.17, 15) is 13.2 Å². The Morgan fingerprint density at radius 1 is 1.17 bits per heavy atom. The molecule has 1 aliphatic rings. The van der Waals surface area contributed by atoms with Crippen molar-refractivity contribution in [3.8, 4) is 11.5 Å². The SMILES string of the molecule is COc1ccc(NC(=O)C=CCOc2ccccc2)cc1S(=O)(=O)N1CCOCC1. The number of sulfonamides is 1. The maximum absolute atomic E-state index is 13.0. The summed E-state index contributed by atoms with van der Waals surface area (Å²) >= 11 is 0. The highest BCUT2D eigenvalue weighted by molar-refractivity contribution is 7.89. The fourth-order valence-electron chi connectivity index (χ4n) is 2.88. The van der Waals surface area contributed by atoms with Crippen molar-refractivity contribution >= 4 is 21.6 Å². The number of benzene rings is 2. The van der Waals surface area contributed by atoms with Gasteiger partial charge in [0.15, 0.2) is 0 Å². The van der Waals surface area contributed by atoms with Crippen molar-refractivity contribution < 1.29 is 27.4 Å². The average Bonchev–Trinajstić information content (AvgIpc) is 2.78. The van der Waals surface area contributed by atoms with Crippen molar-refractivity contribution in [3.05, 3.63) is 60.7 Å². The summed E-state index contributed by atoms with van der Waals surface area (Å²) in [6.45, 7) is 1.46. The van der Waals surface area contributed by atoms with Crippen LogP contribution in [0.1, 0.15) is 0 Å². The molecule has 1 heterocycles. The van der Waals surface area contributed by atoms with Gasteiger partial charge in [0.1, 0.15) is 23.0 Å². The predicted octanol–water partition coefficient (Wildman–Crippen LogP) is 2.29. The van der Waals surface area contributed by atoms with Crippen LogP contribution in [0.15, 0.2) is 65.6 Å². The Kier molecular flexibility index (Phi) is 7.45. The summed E-state index contributed by atoms with van der Waals surface area (Å²) in [5.41, 5.74) is 0.348. The van der Waals surface area contributed by atoms with Crippen LogP contribution >= 0.6 is 0 Å². The van der Waals surface area contributed by atoms with E-state index < -0.39 is 15.9 Å². The number of ether oxygens (including phenoxy) is 3. The third-order valence-electron chi connectivity index (χ3n) is 4.38. The first-order valence-corrected chi connectivity index (χ1v) is 10.9. The maximum Gasteiger partial charge on any atom is 0.248 e. The van der Waals surface area contributed by atoms with Crippen molar-refractivity contribution in [3.63, 3.8) is 0 Å². The highest BCUT2D eigenvalue weighted by atomic mass is 32.2. The van der Waals surface area contributed by atoms with Crippen LogP contribution in [0, 0.1) is 0 Å². The van der Waals surface area contributed by atoms with Gasteiger partial charge < -0.3 is 19.5 Å². The van der Waals surface area contributed by atoms with Crippen LogP contribution in [-0.4, -0.2) is 58.7 Å². The molecule has 1 aliphatic heterocycles. The number of nitrogens with one attached hydrogen (secondary N) is 1. The number of carbonyl (C=O) groups is 1. The number of para-hydroxylation sites is 1. The molecule has 0 aromatic heterocycles. The monoisotopic (exact) mass is 432 g/mol. The maximum atomic E-state index is 13.0. The molecule has 160 valence electrons. The van der Waals surface area contributed by atoms with E-state index >= 15 is 0 Å². The lowest BCUT2D eigenvalue weighted by molar-refractivity contribution is -0.111. The number of carbonyl (C=O) groups excluding carboxylic acids is 1. The number of amides is 1. The Labute approximate surface area is 176 Å². The number of hydrogen-bond donors (Lipinski definition) is 1. The van der Waals surface area contributed by atoms with Crippen LogP contribution in [0.5, 0.6) is 11.5 Å². The number of methoxy groups -OCH3 is 1. The van der Waals surface area contributed by atoms with E-state index in [1.807, 2.05) is 30.3 Å². The molecule has 3 rings (SSSR count). The fourth-order valence-corrected chi connectivity index (χ4v) is 4.47. The normalized spacial score (nSPS) is 15.1. The number of hydrogen-bond acceptors (Lipinski definition) is 6. The summed E-state index contributed by atoms with van der Waals surface area (Å²) in [5.74, 6) is 0.522.